The minimum atomic E-state index is 0.0797. The molecule has 0 bridgehead atoms. The van der Waals surface area contributed by atoms with E-state index in [-0.39, 0.29) is 5.56 Å². The molecule has 4 rings (SSSR count). The molecule has 138 valence electrons. The SMILES string of the molecule is CCn1c(SCCN2CCOCC2)nc2scc(-c3cccs3)c2c1=O. The van der Waals surface area contributed by atoms with E-state index < -0.39 is 0 Å². The first-order valence-electron chi connectivity index (χ1n) is 8.76. The van der Waals surface area contributed by atoms with Crippen molar-refractivity contribution < 1.29 is 4.74 Å². The number of fused-ring (bicyclic) bond motifs is 1. The van der Waals surface area contributed by atoms with Crippen molar-refractivity contribution in [2.24, 2.45) is 0 Å². The van der Waals surface area contributed by atoms with Crippen molar-refractivity contribution in [2.75, 3.05) is 38.6 Å². The number of hydrogen-bond acceptors (Lipinski definition) is 7. The molecular formula is C18H21N3O2S3. The highest BCUT2D eigenvalue weighted by Gasteiger charge is 2.17. The van der Waals surface area contributed by atoms with Gasteiger partial charge in [-0.1, -0.05) is 17.8 Å². The average molecular weight is 408 g/mol. The molecule has 0 atom stereocenters. The van der Waals surface area contributed by atoms with E-state index in [1.165, 1.54) is 0 Å². The lowest BCUT2D eigenvalue weighted by atomic mass is 10.2. The van der Waals surface area contributed by atoms with Gasteiger partial charge >= 0.3 is 0 Å². The minimum Gasteiger partial charge on any atom is -0.379 e. The highest BCUT2D eigenvalue weighted by atomic mass is 32.2. The molecule has 0 aliphatic carbocycles. The molecule has 3 aromatic rings. The highest BCUT2D eigenvalue weighted by Crippen LogP contribution is 2.34. The maximum Gasteiger partial charge on any atom is 0.263 e. The molecule has 0 radical (unpaired) electrons. The predicted molar refractivity (Wildman–Crippen MR) is 111 cm³/mol. The van der Waals surface area contributed by atoms with E-state index in [0.29, 0.717) is 6.54 Å². The Morgan fingerprint density at radius 2 is 2.15 bits per heavy atom. The number of thioether (sulfide) groups is 1. The number of thiophene rings is 2. The Morgan fingerprint density at radius 1 is 1.31 bits per heavy atom. The summed E-state index contributed by atoms with van der Waals surface area (Å²) in [5.74, 6) is 0.932. The summed E-state index contributed by atoms with van der Waals surface area (Å²) < 4.78 is 7.21. The number of morpholine rings is 1. The lowest BCUT2D eigenvalue weighted by molar-refractivity contribution is 0.0410. The summed E-state index contributed by atoms with van der Waals surface area (Å²) in [5, 5.41) is 5.70. The molecule has 3 aromatic heterocycles. The third-order valence-corrected chi connectivity index (χ3v) is 7.24. The van der Waals surface area contributed by atoms with Crippen molar-refractivity contribution in [3.63, 3.8) is 0 Å². The van der Waals surface area contributed by atoms with Crippen LogP contribution in [0.25, 0.3) is 20.7 Å². The fourth-order valence-corrected chi connectivity index (χ4v) is 5.96. The Morgan fingerprint density at radius 3 is 2.88 bits per heavy atom. The van der Waals surface area contributed by atoms with Crippen molar-refractivity contribution in [3.05, 3.63) is 33.2 Å². The Hall–Kier alpha value is -1.19. The van der Waals surface area contributed by atoms with Gasteiger partial charge in [-0.15, -0.1) is 22.7 Å². The van der Waals surface area contributed by atoms with Crippen molar-refractivity contribution in [3.8, 4) is 10.4 Å². The first kappa shape index (κ1) is 18.2. The smallest absolute Gasteiger partial charge is 0.263 e. The van der Waals surface area contributed by atoms with Gasteiger partial charge in [0.05, 0.1) is 18.6 Å². The van der Waals surface area contributed by atoms with Crippen LogP contribution >= 0.6 is 34.4 Å². The molecular weight excluding hydrogens is 386 g/mol. The summed E-state index contributed by atoms with van der Waals surface area (Å²) in [6, 6.07) is 4.08. The topological polar surface area (TPSA) is 47.4 Å². The van der Waals surface area contributed by atoms with Gasteiger partial charge in [-0.2, -0.15) is 0 Å². The maximum atomic E-state index is 13.1. The second-order valence-electron chi connectivity index (χ2n) is 6.05. The quantitative estimate of drug-likeness (QED) is 0.461. The van der Waals surface area contributed by atoms with Crippen LogP contribution in [0, 0.1) is 0 Å². The molecule has 0 unspecified atom stereocenters. The minimum absolute atomic E-state index is 0.0797. The second-order valence-corrected chi connectivity index (χ2v) is 8.92. The second kappa shape index (κ2) is 8.22. The number of hydrogen-bond donors (Lipinski definition) is 0. The van der Waals surface area contributed by atoms with Crippen LogP contribution in [-0.2, 0) is 11.3 Å². The molecule has 26 heavy (non-hydrogen) atoms. The summed E-state index contributed by atoms with van der Waals surface area (Å²) in [4.78, 5) is 22.3. The molecule has 8 heteroatoms. The Balaban J connectivity index is 1.60. The normalized spacial score (nSPS) is 15.7. The van der Waals surface area contributed by atoms with E-state index in [2.05, 4.69) is 16.3 Å². The van der Waals surface area contributed by atoms with Crippen LogP contribution in [0.1, 0.15) is 6.92 Å². The lowest BCUT2D eigenvalue weighted by Gasteiger charge is -2.26. The molecule has 1 aliphatic rings. The monoisotopic (exact) mass is 407 g/mol. The molecule has 1 saturated heterocycles. The summed E-state index contributed by atoms with van der Waals surface area (Å²) in [5.41, 5.74) is 1.10. The van der Waals surface area contributed by atoms with Crippen molar-refractivity contribution in [1.82, 2.24) is 14.5 Å². The molecule has 1 fully saturated rings. The van der Waals surface area contributed by atoms with Crippen LogP contribution in [0.2, 0.25) is 0 Å². The molecule has 0 N–H and O–H groups in total. The fourth-order valence-electron chi connectivity index (χ4n) is 3.10. The standard InChI is InChI=1S/C18H21N3O2S3/c1-2-21-17(22)15-13(14-4-3-10-24-14)12-26-16(15)19-18(21)25-11-7-20-5-8-23-9-6-20/h3-4,10,12H,2,5-9,11H2,1H3. The van der Waals surface area contributed by atoms with Gasteiger partial charge in [0, 0.05) is 47.8 Å². The number of nitrogens with zero attached hydrogens (tertiary/aromatic N) is 3. The summed E-state index contributed by atoms with van der Waals surface area (Å²) in [6.07, 6.45) is 0. The molecule has 0 aromatic carbocycles. The van der Waals surface area contributed by atoms with Crippen LogP contribution in [-0.4, -0.2) is 53.1 Å². The number of ether oxygens (including phenoxy) is 1. The molecule has 5 nitrogen and oxygen atoms in total. The van der Waals surface area contributed by atoms with Crippen LogP contribution < -0.4 is 5.56 Å². The zero-order valence-corrected chi connectivity index (χ0v) is 17.1. The maximum absolute atomic E-state index is 13.1. The Bertz CT molecular complexity index is 927. The van der Waals surface area contributed by atoms with Gasteiger partial charge in [0.2, 0.25) is 0 Å². The summed E-state index contributed by atoms with van der Waals surface area (Å²) in [6.45, 7) is 7.26. The number of rotatable bonds is 6. The van der Waals surface area contributed by atoms with E-state index in [1.807, 2.05) is 22.9 Å². The third-order valence-electron chi connectivity index (χ3n) is 4.50. The molecule has 4 heterocycles. The van der Waals surface area contributed by atoms with Crippen LogP contribution in [0.4, 0.5) is 0 Å². The van der Waals surface area contributed by atoms with Gasteiger partial charge in [-0.25, -0.2) is 4.98 Å². The molecule has 0 amide bonds. The largest absolute Gasteiger partial charge is 0.379 e. The van der Waals surface area contributed by atoms with E-state index in [9.17, 15) is 4.79 Å². The number of aromatic nitrogens is 2. The summed E-state index contributed by atoms with van der Waals surface area (Å²) >= 11 is 4.90. The average Bonchev–Trinajstić information content (AvgIpc) is 3.32. The lowest BCUT2D eigenvalue weighted by Crippen LogP contribution is -2.37. The molecule has 1 aliphatic heterocycles. The van der Waals surface area contributed by atoms with Crippen LogP contribution in [0.5, 0.6) is 0 Å². The van der Waals surface area contributed by atoms with Gasteiger partial charge in [0.1, 0.15) is 4.83 Å². The zero-order valence-electron chi connectivity index (χ0n) is 14.6. The molecule has 0 spiro atoms. The van der Waals surface area contributed by atoms with Gasteiger partial charge in [-0.05, 0) is 18.4 Å². The van der Waals surface area contributed by atoms with Crippen LogP contribution in [0.3, 0.4) is 0 Å². The predicted octanol–water partition coefficient (Wildman–Crippen LogP) is 3.63. The van der Waals surface area contributed by atoms with Gasteiger partial charge in [0.25, 0.3) is 5.56 Å². The van der Waals surface area contributed by atoms with Crippen molar-refractivity contribution >= 4 is 44.7 Å². The molecule has 0 saturated carbocycles. The van der Waals surface area contributed by atoms with E-state index in [1.54, 1.807) is 34.4 Å². The van der Waals surface area contributed by atoms with Crippen molar-refractivity contribution in [2.45, 2.75) is 18.6 Å². The fraction of sp³-hybridized carbons (Fsp3) is 0.444. The zero-order chi connectivity index (χ0) is 17.9. The van der Waals surface area contributed by atoms with E-state index in [4.69, 9.17) is 9.72 Å². The Labute approximate surface area is 164 Å². The Kier molecular flexibility index (Phi) is 5.75. The van der Waals surface area contributed by atoms with Crippen LogP contribution in [0.15, 0.2) is 32.8 Å². The highest BCUT2D eigenvalue weighted by molar-refractivity contribution is 7.99. The van der Waals surface area contributed by atoms with Gasteiger partial charge in [-0.3, -0.25) is 14.3 Å². The van der Waals surface area contributed by atoms with Gasteiger partial charge < -0.3 is 4.74 Å². The summed E-state index contributed by atoms with van der Waals surface area (Å²) in [7, 11) is 0. The van der Waals surface area contributed by atoms with Crippen molar-refractivity contribution in [1.29, 1.82) is 0 Å². The third kappa shape index (κ3) is 3.61. The van der Waals surface area contributed by atoms with E-state index >= 15 is 0 Å². The first-order valence-corrected chi connectivity index (χ1v) is 11.5. The van der Waals surface area contributed by atoms with Gasteiger partial charge in [0.15, 0.2) is 5.16 Å². The van der Waals surface area contributed by atoms with E-state index in [0.717, 1.165) is 64.4 Å². The first-order chi connectivity index (χ1) is 12.8.